The minimum absolute atomic E-state index is 0. The second-order valence-corrected chi connectivity index (χ2v) is 3.72. The van der Waals surface area contributed by atoms with E-state index in [-0.39, 0.29) is 18.4 Å². The molecule has 4 heteroatoms. The minimum atomic E-state index is -0.168. The molecule has 0 unspecified atom stereocenters. The quantitative estimate of drug-likeness (QED) is 0.823. The predicted molar refractivity (Wildman–Crippen MR) is 63.5 cm³/mol. The highest BCUT2D eigenvalue weighted by Crippen LogP contribution is 2.25. The largest absolute Gasteiger partial charge is 0.321 e. The van der Waals surface area contributed by atoms with Gasteiger partial charge >= 0.3 is 0 Å². The second-order valence-electron chi connectivity index (χ2n) is 2.43. The summed E-state index contributed by atoms with van der Waals surface area (Å²) in [5.74, 6) is 0. The van der Waals surface area contributed by atoms with E-state index in [1.807, 2.05) is 18.2 Å². The summed E-state index contributed by atoms with van der Waals surface area (Å²) in [7, 11) is 0. The van der Waals surface area contributed by atoms with E-state index in [0.29, 0.717) is 5.02 Å². The number of hydrogen-bond acceptors (Lipinski definition) is 1. The molecule has 0 aliphatic carbocycles. The Labute approximate surface area is 97.5 Å². The maximum Gasteiger partial charge on any atom is 0.0490 e. The average Bonchev–Trinajstić information content (AvgIpc) is 2.08. The maximum absolute atomic E-state index is 5.81. The lowest BCUT2D eigenvalue weighted by atomic mass is 10.1. The molecule has 1 rings (SSSR count). The van der Waals surface area contributed by atoms with Crippen LogP contribution in [0.5, 0.6) is 0 Å². The van der Waals surface area contributed by atoms with Gasteiger partial charge in [-0.1, -0.05) is 33.6 Å². The average molecular weight is 283 g/mol. The molecule has 0 bridgehead atoms. The standard InChI is InChI=1S/C9H9BrClN.ClH/c1-2-9(12)7-5-6(11)3-4-8(7)10;/h2-5,9H,1,12H2;1H/t9-;/m1./s1. The molecule has 1 aromatic rings. The van der Waals surface area contributed by atoms with Crippen molar-refractivity contribution < 1.29 is 0 Å². The summed E-state index contributed by atoms with van der Waals surface area (Å²) in [6, 6.07) is 5.35. The van der Waals surface area contributed by atoms with Crippen molar-refractivity contribution in [2.45, 2.75) is 6.04 Å². The molecule has 0 saturated heterocycles. The highest BCUT2D eigenvalue weighted by Gasteiger charge is 2.05. The number of nitrogens with two attached hydrogens (primary N) is 1. The van der Waals surface area contributed by atoms with Gasteiger partial charge in [-0.05, 0) is 23.8 Å². The first-order valence-electron chi connectivity index (χ1n) is 3.48. The first-order valence-corrected chi connectivity index (χ1v) is 4.65. The van der Waals surface area contributed by atoms with Gasteiger partial charge in [-0.3, -0.25) is 0 Å². The van der Waals surface area contributed by atoms with E-state index < -0.39 is 0 Å². The Bertz CT molecular complexity index is 302. The van der Waals surface area contributed by atoms with Crippen molar-refractivity contribution in [2.75, 3.05) is 0 Å². The molecule has 0 radical (unpaired) electrons. The van der Waals surface area contributed by atoms with Crippen LogP contribution in [0, 0.1) is 0 Å². The molecule has 0 amide bonds. The van der Waals surface area contributed by atoms with Gasteiger partial charge in [-0.15, -0.1) is 19.0 Å². The van der Waals surface area contributed by atoms with Crippen LogP contribution in [-0.4, -0.2) is 0 Å². The molecule has 0 aromatic heterocycles. The van der Waals surface area contributed by atoms with Crippen LogP contribution in [0.4, 0.5) is 0 Å². The number of benzene rings is 1. The van der Waals surface area contributed by atoms with E-state index in [2.05, 4.69) is 22.5 Å². The SMILES string of the molecule is C=C[C@@H](N)c1cc(Cl)ccc1Br.Cl. The fraction of sp³-hybridized carbons (Fsp3) is 0.111. The van der Waals surface area contributed by atoms with E-state index >= 15 is 0 Å². The molecule has 1 aromatic carbocycles. The van der Waals surface area contributed by atoms with Crippen molar-refractivity contribution in [3.05, 3.63) is 45.9 Å². The van der Waals surface area contributed by atoms with Crippen LogP contribution in [0.3, 0.4) is 0 Å². The van der Waals surface area contributed by atoms with E-state index in [0.717, 1.165) is 10.0 Å². The summed E-state index contributed by atoms with van der Waals surface area (Å²) >= 11 is 9.19. The number of halogens is 3. The molecule has 0 fully saturated rings. The van der Waals surface area contributed by atoms with Gasteiger partial charge in [0.2, 0.25) is 0 Å². The summed E-state index contributed by atoms with van der Waals surface area (Å²) < 4.78 is 0.958. The summed E-state index contributed by atoms with van der Waals surface area (Å²) in [5.41, 5.74) is 6.71. The Morgan fingerprint density at radius 1 is 1.54 bits per heavy atom. The third-order valence-corrected chi connectivity index (χ3v) is 2.53. The van der Waals surface area contributed by atoms with Crippen LogP contribution >= 0.6 is 39.9 Å². The lowest BCUT2D eigenvalue weighted by molar-refractivity contribution is 0.908. The normalized spacial score (nSPS) is 11.6. The molecule has 1 nitrogen and oxygen atoms in total. The number of hydrogen-bond donors (Lipinski definition) is 1. The lowest BCUT2D eigenvalue weighted by Crippen LogP contribution is -2.06. The molecule has 0 aliphatic heterocycles. The van der Waals surface area contributed by atoms with Crippen LogP contribution in [-0.2, 0) is 0 Å². The Morgan fingerprint density at radius 3 is 2.69 bits per heavy atom. The van der Waals surface area contributed by atoms with Crippen LogP contribution in [0.1, 0.15) is 11.6 Å². The van der Waals surface area contributed by atoms with Crippen LogP contribution in [0.2, 0.25) is 5.02 Å². The van der Waals surface area contributed by atoms with E-state index in [1.54, 1.807) is 6.08 Å². The molecule has 0 spiro atoms. The van der Waals surface area contributed by atoms with Crippen molar-refractivity contribution >= 4 is 39.9 Å². The maximum atomic E-state index is 5.81. The molecule has 0 saturated carbocycles. The summed E-state index contributed by atoms with van der Waals surface area (Å²) in [4.78, 5) is 0. The van der Waals surface area contributed by atoms with Crippen molar-refractivity contribution in [1.29, 1.82) is 0 Å². The van der Waals surface area contributed by atoms with Gasteiger partial charge < -0.3 is 5.73 Å². The zero-order chi connectivity index (χ0) is 9.14. The molecule has 0 heterocycles. The zero-order valence-electron chi connectivity index (χ0n) is 6.84. The summed E-state index contributed by atoms with van der Waals surface area (Å²) in [6.45, 7) is 3.62. The third-order valence-electron chi connectivity index (χ3n) is 1.57. The Hall–Kier alpha value is -0.0200. The molecular formula is C9H10BrCl2N. The van der Waals surface area contributed by atoms with Gasteiger partial charge in [0.25, 0.3) is 0 Å². The van der Waals surface area contributed by atoms with Crippen molar-refractivity contribution in [2.24, 2.45) is 5.73 Å². The lowest BCUT2D eigenvalue weighted by Gasteiger charge is -2.08. The summed E-state index contributed by atoms with van der Waals surface area (Å²) in [6.07, 6.45) is 1.68. The van der Waals surface area contributed by atoms with Crippen LogP contribution in [0.15, 0.2) is 35.3 Å². The molecule has 0 aliphatic rings. The van der Waals surface area contributed by atoms with E-state index in [4.69, 9.17) is 17.3 Å². The highest BCUT2D eigenvalue weighted by molar-refractivity contribution is 9.10. The van der Waals surface area contributed by atoms with Gasteiger partial charge in [0.15, 0.2) is 0 Å². The van der Waals surface area contributed by atoms with Gasteiger partial charge in [0, 0.05) is 15.5 Å². The van der Waals surface area contributed by atoms with Gasteiger partial charge in [-0.2, -0.15) is 0 Å². The molecule has 1 atom stereocenters. The molecule has 72 valence electrons. The zero-order valence-corrected chi connectivity index (χ0v) is 9.99. The Morgan fingerprint density at radius 2 is 2.15 bits per heavy atom. The molecule has 2 N–H and O–H groups in total. The molecule has 13 heavy (non-hydrogen) atoms. The highest BCUT2D eigenvalue weighted by atomic mass is 79.9. The van der Waals surface area contributed by atoms with Crippen molar-refractivity contribution in [1.82, 2.24) is 0 Å². The molecular weight excluding hydrogens is 273 g/mol. The Balaban J connectivity index is 0.00000144. The minimum Gasteiger partial charge on any atom is -0.321 e. The Kier molecular flexibility index (Phi) is 5.65. The van der Waals surface area contributed by atoms with Crippen LogP contribution in [0.25, 0.3) is 0 Å². The first kappa shape index (κ1) is 13.0. The van der Waals surface area contributed by atoms with E-state index in [1.165, 1.54) is 0 Å². The second kappa shape index (κ2) is 5.66. The van der Waals surface area contributed by atoms with Gasteiger partial charge in [-0.25, -0.2) is 0 Å². The third kappa shape index (κ3) is 3.31. The summed E-state index contributed by atoms with van der Waals surface area (Å²) in [5, 5.41) is 0.686. The predicted octanol–water partition coefficient (Wildman–Crippen LogP) is 3.71. The van der Waals surface area contributed by atoms with Crippen molar-refractivity contribution in [3.8, 4) is 0 Å². The van der Waals surface area contributed by atoms with Gasteiger partial charge in [0.05, 0.1) is 0 Å². The van der Waals surface area contributed by atoms with Gasteiger partial charge in [0.1, 0.15) is 0 Å². The first-order chi connectivity index (χ1) is 5.65. The van der Waals surface area contributed by atoms with E-state index in [9.17, 15) is 0 Å². The fourth-order valence-electron chi connectivity index (χ4n) is 0.897. The van der Waals surface area contributed by atoms with Crippen molar-refractivity contribution in [3.63, 3.8) is 0 Å². The van der Waals surface area contributed by atoms with Crippen LogP contribution < -0.4 is 5.73 Å². The number of rotatable bonds is 2. The smallest absolute Gasteiger partial charge is 0.0490 e. The topological polar surface area (TPSA) is 26.0 Å². The fourth-order valence-corrected chi connectivity index (χ4v) is 1.59. The monoisotopic (exact) mass is 281 g/mol.